The number of carbonyl (C=O) groups is 1. The third kappa shape index (κ3) is 3.71. The van der Waals surface area contributed by atoms with Gasteiger partial charge in [0, 0.05) is 44.5 Å². The zero-order valence-corrected chi connectivity index (χ0v) is 14.0. The van der Waals surface area contributed by atoms with Gasteiger partial charge in [-0.3, -0.25) is 4.90 Å². The van der Waals surface area contributed by atoms with Gasteiger partial charge in [-0.2, -0.15) is 0 Å². The van der Waals surface area contributed by atoms with E-state index in [1.54, 1.807) is 0 Å². The zero-order chi connectivity index (χ0) is 16.4. The molecule has 0 aromatic heterocycles. The Bertz CT molecular complexity index is 561. The molecule has 1 aromatic rings. The van der Waals surface area contributed by atoms with Crippen molar-refractivity contribution in [3.05, 3.63) is 29.8 Å². The van der Waals surface area contributed by atoms with Gasteiger partial charge in [-0.05, 0) is 36.0 Å². The molecule has 2 aliphatic heterocycles. The lowest BCUT2D eigenvalue weighted by molar-refractivity contribution is 0.0384. The molecule has 2 heterocycles. The summed E-state index contributed by atoms with van der Waals surface area (Å²) in [5.74, 6) is 1.27. The quantitative estimate of drug-likeness (QED) is 0.751. The highest BCUT2D eigenvalue weighted by Crippen LogP contribution is 2.41. The number of nitrogens with zero attached hydrogens (tertiary/aromatic N) is 1. The highest BCUT2D eigenvalue weighted by molar-refractivity contribution is 5.89. The molecule has 130 valence electrons. The van der Waals surface area contributed by atoms with E-state index >= 15 is 0 Å². The van der Waals surface area contributed by atoms with Crippen LogP contribution in [0.5, 0.6) is 0 Å². The molecular weight excluding hydrogens is 304 g/mol. The monoisotopic (exact) mass is 330 g/mol. The van der Waals surface area contributed by atoms with Crippen molar-refractivity contribution in [1.82, 2.24) is 15.5 Å². The SMILES string of the molecule is O=C(Nc1ccc(CCN2CCOCC2)cc1)NC1[C@H]2CNC[C@@H]12. The lowest BCUT2D eigenvalue weighted by atomic mass is 10.1. The fourth-order valence-electron chi connectivity index (χ4n) is 3.82. The van der Waals surface area contributed by atoms with Crippen molar-refractivity contribution in [3.8, 4) is 0 Å². The Kier molecular flexibility index (Phi) is 4.69. The van der Waals surface area contributed by atoms with Crippen molar-refractivity contribution < 1.29 is 9.53 Å². The molecule has 6 nitrogen and oxygen atoms in total. The van der Waals surface area contributed by atoms with Gasteiger partial charge in [0.25, 0.3) is 0 Å². The fourth-order valence-corrected chi connectivity index (χ4v) is 3.82. The number of fused-ring (bicyclic) bond motifs is 1. The fraction of sp³-hybridized carbons (Fsp3) is 0.611. The summed E-state index contributed by atoms with van der Waals surface area (Å²) in [6.45, 7) is 6.88. The van der Waals surface area contributed by atoms with Crippen LogP contribution in [0.3, 0.4) is 0 Å². The Morgan fingerprint density at radius 1 is 1.17 bits per heavy atom. The van der Waals surface area contributed by atoms with Gasteiger partial charge < -0.3 is 20.7 Å². The molecule has 3 fully saturated rings. The summed E-state index contributed by atoms with van der Waals surface area (Å²) in [6.07, 6.45) is 1.03. The second kappa shape index (κ2) is 7.09. The minimum Gasteiger partial charge on any atom is -0.379 e. The van der Waals surface area contributed by atoms with Crippen molar-refractivity contribution >= 4 is 11.7 Å². The number of carbonyl (C=O) groups excluding carboxylic acids is 1. The highest BCUT2D eigenvalue weighted by atomic mass is 16.5. The molecule has 2 saturated heterocycles. The molecule has 0 spiro atoms. The van der Waals surface area contributed by atoms with E-state index in [1.165, 1.54) is 5.56 Å². The number of hydrogen-bond acceptors (Lipinski definition) is 4. The van der Waals surface area contributed by atoms with Gasteiger partial charge in [0.05, 0.1) is 13.2 Å². The van der Waals surface area contributed by atoms with Crippen LogP contribution in [0.25, 0.3) is 0 Å². The van der Waals surface area contributed by atoms with Crippen LogP contribution in [0.15, 0.2) is 24.3 Å². The Labute approximate surface area is 142 Å². The Balaban J connectivity index is 1.21. The average molecular weight is 330 g/mol. The van der Waals surface area contributed by atoms with Crippen molar-refractivity contribution in [2.75, 3.05) is 51.3 Å². The van der Waals surface area contributed by atoms with E-state index < -0.39 is 0 Å². The minimum absolute atomic E-state index is 0.0875. The van der Waals surface area contributed by atoms with E-state index in [2.05, 4.69) is 33.0 Å². The van der Waals surface area contributed by atoms with Gasteiger partial charge in [-0.1, -0.05) is 12.1 Å². The van der Waals surface area contributed by atoms with Crippen LogP contribution in [-0.4, -0.2) is 62.9 Å². The van der Waals surface area contributed by atoms with E-state index in [0.29, 0.717) is 17.9 Å². The summed E-state index contributed by atoms with van der Waals surface area (Å²) in [5, 5.41) is 9.35. The molecule has 0 radical (unpaired) electrons. The zero-order valence-electron chi connectivity index (χ0n) is 14.0. The first-order valence-corrected chi connectivity index (χ1v) is 8.97. The van der Waals surface area contributed by atoms with Crippen LogP contribution < -0.4 is 16.0 Å². The molecule has 2 amide bonds. The molecule has 24 heavy (non-hydrogen) atoms. The molecule has 1 unspecified atom stereocenters. The molecule has 3 N–H and O–H groups in total. The van der Waals surface area contributed by atoms with Crippen LogP contribution in [0.1, 0.15) is 5.56 Å². The van der Waals surface area contributed by atoms with Gasteiger partial charge in [0.15, 0.2) is 0 Å². The summed E-state index contributed by atoms with van der Waals surface area (Å²) >= 11 is 0. The Hall–Kier alpha value is -1.63. The van der Waals surface area contributed by atoms with Crippen molar-refractivity contribution in [3.63, 3.8) is 0 Å². The van der Waals surface area contributed by atoms with Crippen LogP contribution in [0.4, 0.5) is 10.5 Å². The summed E-state index contributed by atoms with van der Waals surface area (Å²) in [6, 6.07) is 8.46. The maximum Gasteiger partial charge on any atom is 0.319 e. The number of hydrogen-bond donors (Lipinski definition) is 3. The lowest BCUT2D eigenvalue weighted by Gasteiger charge is -2.26. The van der Waals surface area contributed by atoms with Gasteiger partial charge in [-0.15, -0.1) is 0 Å². The number of anilines is 1. The van der Waals surface area contributed by atoms with Gasteiger partial charge in [-0.25, -0.2) is 4.79 Å². The predicted octanol–water partition coefficient (Wildman–Crippen LogP) is 0.901. The van der Waals surface area contributed by atoms with Crippen LogP contribution in [0.2, 0.25) is 0 Å². The van der Waals surface area contributed by atoms with E-state index in [0.717, 1.165) is 58.0 Å². The predicted molar refractivity (Wildman–Crippen MR) is 93.2 cm³/mol. The summed E-state index contributed by atoms with van der Waals surface area (Å²) in [4.78, 5) is 14.5. The molecule has 1 aromatic carbocycles. The Morgan fingerprint density at radius 2 is 1.88 bits per heavy atom. The number of urea groups is 1. The third-order valence-corrected chi connectivity index (χ3v) is 5.42. The lowest BCUT2D eigenvalue weighted by Crippen LogP contribution is -2.37. The molecule has 1 aliphatic carbocycles. The number of ether oxygens (including phenoxy) is 1. The molecule has 3 atom stereocenters. The largest absolute Gasteiger partial charge is 0.379 e. The molecule has 0 bridgehead atoms. The van der Waals surface area contributed by atoms with Crippen molar-refractivity contribution in [2.24, 2.45) is 11.8 Å². The Morgan fingerprint density at radius 3 is 2.58 bits per heavy atom. The van der Waals surface area contributed by atoms with Crippen molar-refractivity contribution in [2.45, 2.75) is 12.5 Å². The normalized spacial score (nSPS) is 29.1. The summed E-state index contributed by atoms with van der Waals surface area (Å²) in [7, 11) is 0. The minimum atomic E-state index is -0.0875. The van der Waals surface area contributed by atoms with Gasteiger partial charge in [0.2, 0.25) is 0 Å². The second-order valence-corrected chi connectivity index (χ2v) is 7.01. The standard InChI is InChI=1S/C18H26N4O2/c23-18(21-17-15-11-19-12-16(15)17)20-14-3-1-13(2-4-14)5-6-22-7-9-24-10-8-22/h1-4,15-17,19H,5-12H2,(H2,20,21,23)/t15-,16+,17?. The van der Waals surface area contributed by atoms with Crippen LogP contribution in [0, 0.1) is 11.8 Å². The first kappa shape index (κ1) is 15.9. The highest BCUT2D eigenvalue weighted by Gasteiger charge is 2.53. The van der Waals surface area contributed by atoms with E-state index in [4.69, 9.17) is 4.74 Å². The number of nitrogens with one attached hydrogen (secondary N) is 3. The number of piperidine rings is 1. The van der Waals surface area contributed by atoms with Gasteiger partial charge in [0.1, 0.15) is 0 Å². The number of morpholine rings is 1. The van der Waals surface area contributed by atoms with E-state index in [-0.39, 0.29) is 6.03 Å². The number of amides is 2. The molecular formula is C18H26N4O2. The van der Waals surface area contributed by atoms with E-state index in [1.807, 2.05) is 12.1 Å². The number of rotatable bonds is 5. The van der Waals surface area contributed by atoms with E-state index in [9.17, 15) is 4.79 Å². The van der Waals surface area contributed by atoms with Gasteiger partial charge >= 0.3 is 6.03 Å². The summed E-state index contributed by atoms with van der Waals surface area (Å²) < 4.78 is 5.37. The van der Waals surface area contributed by atoms with Crippen LogP contribution in [-0.2, 0) is 11.2 Å². The maximum absolute atomic E-state index is 12.1. The first-order chi connectivity index (χ1) is 11.8. The molecule has 4 rings (SSSR count). The second-order valence-electron chi connectivity index (χ2n) is 7.01. The number of benzene rings is 1. The maximum atomic E-state index is 12.1. The smallest absolute Gasteiger partial charge is 0.319 e. The molecule has 6 heteroatoms. The first-order valence-electron chi connectivity index (χ1n) is 8.97. The topological polar surface area (TPSA) is 65.6 Å². The average Bonchev–Trinajstić information content (AvgIpc) is 3.04. The molecule has 1 saturated carbocycles. The summed E-state index contributed by atoms with van der Waals surface area (Å²) in [5.41, 5.74) is 2.15. The van der Waals surface area contributed by atoms with Crippen LogP contribution >= 0.6 is 0 Å². The van der Waals surface area contributed by atoms with Crippen molar-refractivity contribution in [1.29, 1.82) is 0 Å². The molecule has 3 aliphatic rings. The third-order valence-electron chi connectivity index (χ3n) is 5.42.